The number of hydrogen-bond donors (Lipinski definition) is 2. The molecule has 2 heterocycles. The minimum absolute atomic E-state index is 0.327. The van der Waals surface area contributed by atoms with Crippen molar-refractivity contribution < 1.29 is 9.47 Å². The van der Waals surface area contributed by atoms with E-state index >= 15 is 0 Å². The molecule has 2 N–H and O–H groups in total. The van der Waals surface area contributed by atoms with Crippen LogP contribution < -0.4 is 25.0 Å². The van der Waals surface area contributed by atoms with Crippen molar-refractivity contribution >= 4 is 11.6 Å². The molecule has 0 radical (unpaired) electrons. The molecule has 1 aliphatic rings. The maximum absolute atomic E-state index is 5.49. The van der Waals surface area contributed by atoms with E-state index in [9.17, 15) is 0 Å². The smallest absolute Gasteiger partial charge is 0.213 e. The van der Waals surface area contributed by atoms with Crippen LogP contribution in [0.3, 0.4) is 0 Å². The van der Waals surface area contributed by atoms with E-state index in [1.54, 1.807) is 27.5 Å². The average Bonchev–Trinajstić information content (AvgIpc) is 3.19. The van der Waals surface area contributed by atoms with E-state index in [4.69, 9.17) is 9.47 Å². The van der Waals surface area contributed by atoms with Gasteiger partial charge in [-0.25, -0.2) is 4.98 Å². The van der Waals surface area contributed by atoms with Gasteiger partial charge in [-0.2, -0.15) is 0 Å². The molecule has 0 aliphatic carbocycles. The fourth-order valence-corrected chi connectivity index (χ4v) is 3.23. The highest BCUT2D eigenvalue weighted by Crippen LogP contribution is 2.30. The molecule has 1 aromatic heterocycles. The van der Waals surface area contributed by atoms with Gasteiger partial charge >= 0.3 is 0 Å². The molecule has 0 bridgehead atoms. The second-order valence-electron chi connectivity index (χ2n) is 6.38. The highest BCUT2D eigenvalue weighted by atomic mass is 16.5. The maximum Gasteiger partial charge on any atom is 0.213 e. The first-order valence-electron chi connectivity index (χ1n) is 9.07. The van der Waals surface area contributed by atoms with Crippen molar-refractivity contribution in [2.75, 3.05) is 39.3 Å². The van der Waals surface area contributed by atoms with Crippen LogP contribution >= 0.6 is 0 Å². The highest BCUT2D eigenvalue weighted by Gasteiger charge is 2.25. The van der Waals surface area contributed by atoms with E-state index in [0.29, 0.717) is 18.5 Å². The van der Waals surface area contributed by atoms with Crippen molar-refractivity contribution in [1.29, 1.82) is 0 Å². The molecular weight excluding hydrogens is 342 g/mol. The Kier molecular flexibility index (Phi) is 6.35. The lowest BCUT2D eigenvalue weighted by Crippen LogP contribution is -2.44. The predicted molar refractivity (Wildman–Crippen MR) is 108 cm³/mol. The summed E-state index contributed by atoms with van der Waals surface area (Å²) in [5.41, 5.74) is 2.22. The molecule has 144 valence electrons. The van der Waals surface area contributed by atoms with Gasteiger partial charge in [0.25, 0.3) is 0 Å². The van der Waals surface area contributed by atoms with E-state index in [-0.39, 0.29) is 0 Å². The predicted octanol–water partition coefficient (Wildman–Crippen LogP) is 2.04. The summed E-state index contributed by atoms with van der Waals surface area (Å²) in [6, 6.07) is 12.3. The first kappa shape index (κ1) is 18.8. The van der Waals surface area contributed by atoms with Crippen LogP contribution in [-0.4, -0.2) is 51.3 Å². The van der Waals surface area contributed by atoms with E-state index in [2.05, 4.69) is 31.6 Å². The monoisotopic (exact) mass is 369 g/mol. The zero-order chi connectivity index (χ0) is 19.1. The number of ether oxygens (including phenoxy) is 2. The largest absolute Gasteiger partial charge is 0.495 e. The molecule has 1 atom stereocenters. The number of guanidine groups is 1. The van der Waals surface area contributed by atoms with E-state index in [1.165, 1.54) is 0 Å². The molecule has 1 unspecified atom stereocenters. The number of para-hydroxylation sites is 2. The van der Waals surface area contributed by atoms with Gasteiger partial charge in [0.1, 0.15) is 5.75 Å². The normalized spacial score (nSPS) is 16.9. The summed E-state index contributed by atoms with van der Waals surface area (Å²) in [6.45, 7) is 2.54. The minimum atomic E-state index is 0.327. The number of rotatable bonds is 6. The van der Waals surface area contributed by atoms with Gasteiger partial charge in [0.15, 0.2) is 5.96 Å². The summed E-state index contributed by atoms with van der Waals surface area (Å²) in [5.74, 6) is 2.31. The fraction of sp³-hybridized carbons (Fsp3) is 0.400. The van der Waals surface area contributed by atoms with Crippen molar-refractivity contribution in [3.05, 3.63) is 48.2 Å². The molecule has 7 heteroatoms. The molecule has 1 aromatic carbocycles. The molecule has 2 aromatic rings. The third-order valence-electron chi connectivity index (χ3n) is 4.65. The summed E-state index contributed by atoms with van der Waals surface area (Å²) < 4.78 is 10.7. The standard InChI is InChI=1S/C20H27N5O2/c1-21-20(23-13-15-8-10-22-19(12-15)27-3)24-16-9-11-25(14-16)17-6-4-5-7-18(17)26-2/h4-8,10,12,16H,9,11,13-14H2,1-3H3,(H2,21,23,24). The second kappa shape index (κ2) is 9.12. The average molecular weight is 369 g/mol. The first-order valence-corrected chi connectivity index (χ1v) is 9.07. The number of anilines is 1. The Balaban J connectivity index is 1.54. The van der Waals surface area contributed by atoms with Crippen LogP contribution in [0.5, 0.6) is 11.6 Å². The Labute approximate surface area is 160 Å². The maximum atomic E-state index is 5.49. The van der Waals surface area contributed by atoms with Gasteiger partial charge in [-0.15, -0.1) is 0 Å². The van der Waals surface area contributed by atoms with Crippen LogP contribution in [0.4, 0.5) is 5.69 Å². The number of nitrogens with zero attached hydrogens (tertiary/aromatic N) is 3. The Hall–Kier alpha value is -2.96. The Morgan fingerprint density at radius 1 is 1.26 bits per heavy atom. The Morgan fingerprint density at radius 2 is 2.11 bits per heavy atom. The van der Waals surface area contributed by atoms with Gasteiger partial charge in [0.05, 0.1) is 19.9 Å². The van der Waals surface area contributed by atoms with Crippen LogP contribution in [0, 0.1) is 0 Å². The third kappa shape index (κ3) is 4.81. The number of hydrogen-bond acceptors (Lipinski definition) is 5. The molecule has 7 nitrogen and oxygen atoms in total. The molecule has 1 saturated heterocycles. The number of nitrogens with one attached hydrogen (secondary N) is 2. The molecule has 27 heavy (non-hydrogen) atoms. The molecule has 0 spiro atoms. The van der Waals surface area contributed by atoms with Crippen molar-refractivity contribution in [3.8, 4) is 11.6 Å². The van der Waals surface area contributed by atoms with Crippen molar-refractivity contribution in [1.82, 2.24) is 15.6 Å². The lowest BCUT2D eigenvalue weighted by atomic mass is 10.2. The molecule has 1 aliphatic heterocycles. The molecule has 0 saturated carbocycles. The van der Waals surface area contributed by atoms with Gasteiger partial charge < -0.3 is 25.0 Å². The van der Waals surface area contributed by atoms with Crippen LogP contribution in [0.15, 0.2) is 47.6 Å². The van der Waals surface area contributed by atoms with Crippen LogP contribution in [0.1, 0.15) is 12.0 Å². The zero-order valence-electron chi connectivity index (χ0n) is 16.1. The summed E-state index contributed by atoms with van der Waals surface area (Å²) >= 11 is 0. The summed E-state index contributed by atoms with van der Waals surface area (Å²) in [6.07, 6.45) is 2.79. The molecular formula is C20H27N5O2. The zero-order valence-corrected chi connectivity index (χ0v) is 16.1. The van der Waals surface area contributed by atoms with Crippen LogP contribution in [0.2, 0.25) is 0 Å². The van der Waals surface area contributed by atoms with E-state index in [0.717, 1.165) is 42.5 Å². The Morgan fingerprint density at radius 3 is 2.89 bits per heavy atom. The summed E-state index contributed by atoms with van der Waals surface area (Å²) in [4.78, 5) is 10.8. The van der Waals surface area contributed by atoms with Crippen molar-refractivity contribution in [3.63, 3.8) is 0 Å². The lowest BCUT2D eigenvalue weighted by molar-refractivity contribution is 0.397. The lowest BCUT2D eigenvalue weighted by Gasteiger charge is -2.22. The van der Waals surface area contributed by atoms with Crippen LogP contribution in [0.25, 0.3) is 0 Å². The number of benzene rings is 1. The number of aliphatic imine (C=N–C) groups is 1. The van der Waals surface area contributed by atoms with E-state index < -0.39 is 0 Å². The molecule has 1 fully saturated rings. The van der Waals surface area contributed by atoms with Gasteiger partial charge in [-0.05, 0) is 30.2 Å². The quantitative estimate of drug-likeness (QED) is 0.600. The fourth-order valence-electron chi connectivity index (χ4n) is 3.23. The number of methoxy groups -OCH3 is 2. The minimum Gasteiger partial charge on any atom is -0.495 e. The third-order valence-corrected chi connectivity index (χ3v) is 4.65. The van der Waals surface area contributed by atoms with Gasteiger partial charge in [0, 0.05) is 45.0 Å². The first-order chi connectivity index (χ1) is 13.2. The number of pyridine rings is 1. The highest BCUT2D eigenvalue weighted by molar-refractivity contribution is 5.80. The van der Waals surface area contributed by atoms with Crippen molar-refractivity contribution in [2.24, 2.45) is 4.99 Å². The molecule has 0 amide bonds. The molecule has 3 rings (SSSR count). The van der Waals surface area contributed by atoms with Gasteiger partial charge in [-0.3, -0.25) is 4.99 Å². The van der Waals surface area contributed by atoms with Crippen LogP contribution in [-0.2, 0) is 6.54 Å². The van der Waals surface area contributed by atoms with Gasteiger partial charge in [-0.1, -0.05) is 12.1 Å². The summed E-state index contributed by atoms with van der Waals surface area (Å²) in [5, 5.41) is 6.86. The summed E-state index contributed by atoms with van der Waals surface area (Å²) in [7, 11) is 5.12. The Bertz CT molecular complexity index is 780. The number of aromatic nitrogens is 1. The van der Waals surface area contributed by atoms with Gasteiger partial charge in [0.2, 0.25) is 5.88 Å². The SMILES string of the molecule is CN=C(NCc1ccnc(OC)c1)NC1CCN(c2ccccc2OC)C1. The van der Waals surface area contributed by atoms with E-state index in [1.807, 2.05) is 30.3 Å². The van der Waals surface area contributed by atoms with Crippen molar-refractivity contribution in [2.45, 2.75) is 19.0 Å². The topological polar surface area (TPSA) is 71.0 Å². The second-order valence-corrected chi connectivity index (χ2v) is 6.38.